The van der Waals surface area contributed by atoms with Gasteiger partial charge in [0.1, 0.15) is 11.6 Å². The number of aryl methyl sites for hydroxylation is 1. The third-order valence-electron chi connectivity index (χ3n) is 7.47. The Morgan fingerprint density at radius 2 is 1.74 bits per heavy atom. The van der Waals surface area contributed by atoms with Crippen LogP contribution >= 0.6 is 0 Å². The maximum Gasteiger partial charge on any atom is 0.138 e. The zero-order chi connectivity index (χ0) is 26.6. The third-order valence-corrected chi connectivity index (χ3v) is 7.47. The summed E-state index contributed by atoms with van der Waals surface area (Å²) in [4.78, 5) is 14.5. The van der Waals surface area contributed by atoms with Gasteiger partial charge in [-0.1, -0.05) is 36.4 Å². The molecule has 0 radical (unpaired) electrons. The van der Waals surface area contributed by atoms with Crippen molar-refractivity contribution in [1.82, 2.24) is 24.3 Å². The second-order valence-electron chi connectivity index (χ2n) is 10.4. The van der Waals surface area contributed by atoms with E-state index in [2.05, 4.69) is 106 Å². The van der Waals surface area contributed by atoms with Crippen LogP contribution in [0, 0.1) is 6.92 Å². The summed E-state index contributed by atoms with van der Waals surface area (Å²) in [6, 6.07) is 25.1. The van der Waals surface area contributed by atoms with Crippen LogP contribution in [0.15, 0.2) is 79.0 Å². The molecule has 39 heavy (non-hydrogen) atoms. The van der Waals surface area contributed by atoms with Gasteiger partial charge in [-0.3, -0.25) is 9.55 Å². The number of hydrogen-bond acceptors (Lipinski definition) is 5. The molecule has 0 amide bonds. The van der Waals surface area contributed by atoms with Gasteiger partial charge in [0.05, 0.1) is 28.8 Å². The number of benzene rings is 3. The third kappa shape index (κ3) is 5.72. The Morgan fingerprint density at radius 1 is 0.897 bits per heavy atom. The average Bonchev–Trinajstić information content (AvgIpc) is 3.32. The van der Waals surface area contributed by atoms with Gasteiger partial charge in [0, 0.05) is 55.9 Å². The minimum absolute atomic E-state index is 0.709. The molecule has 0 bridgehead atoms. The lowest BCUT2D eigenvalue weighted by atomic mass is 10.1. The molecule has 1 saturated heterocycles. The number of para-hydroxylation sites is 1. The molecule has 6 nitrogen and oxygen atoms in total. The number of pyridine rings is 1. The minimum atomic E-state index is 0.709. The Bertz CT molecular complexity index is 1610. The van der Waals surface area contributed by atoms with E-state index in [1.807, 2.05) is 18.3 Å². The van der Waals surface area contributed by atoms with E-state index >= 15 is 0 Å². The van der Waals surface area contributed by atoms with Crippen LogP contribution in [-0.4, -0.2) is 70.7 Å². The van der Waals surface area contributed by atoms with Crippen LogP contribution in [0.3, 0.4) is 0 Å². The Balaban J connectivity index is 1.26. The first-order chi connectivity index (χ1) is 19.1. The Kier molecular flexibility index (Phi) is 7.39. The molecule has 1 aliphatic heterocycles. The van der Waals surface area contributed by atoms with Crippen molar-refractivity contribution in [2.45, 2.75) is 13.3 Å². The van der Waals surface area contributed by atoms with Crippen molar-refractivity contribution in [2.24, 2.45) is 0 Å². The van der Waals surface area contributed by atoms with Gasteiger partial charge in [0.25, 0.3) is 0 Å². The Hall–Kier alpha value is -4.00. The molecule has 3 aromatic carbocycles. The van der Waals surface area contributed by atoms with Crippen molar-refractivity contribution in [2.75, 3.05) is 46.4 Å². The molecule has 6 heteroatoms. The first-order valence-corrected chi connectivity index (χ1v) is 13.8. The summed E-state index contributed by atoms with van der Waals surface area (Å²) < 4.78 is 8.42. The van der Waals surface area contributed by atoms with Crippen LogP contribution in [0.25, 0.3) is 39.8 Å². The van der Waals surface area contributed by atoms with Gasteiger partial charge in [-0.05, 0) is 68.4 Å². The quantitative estimate of drug-likeness (QED) is 0.234. The maximum absolute atomic E-state index is 6.21. The number of imidazole rings is 1. The summed E-state index contributed by atoms with van der Waals surface area (Å²) in [5.74, 6) is 1.75. The molecule has 3 heterocycles. The van der Waals surface area contributed by atoms with E-state index < -0.39 is 0 Å². The smallest absolute Gasteiger partial charge is 0.138 e. The van der Waals surface area contributed by atoms with Gasteiger partial charge < -0.3 is 14.5 Å². The SMILES string of the molecule is Cc1ccc2c(c1)nc(C=Cc1cccc3cccnc13)n2-c1cccc(OCCCN2CCN(C)CC2)c1. The predicted molar refractivity (Wildman–Crippen MR) is 161 cm³/mol. The molecule has 2 aromatic heterocycles. The Labute approximate surface area is 230 Å². The molecule has 6 rings (SSSR count). The van der Waals surface area contributed by atoms with Crippen LogP contribution in [-0.2, 0) is 0 Å². The lowest BCUT2D eigenvalue weighted by Gasteiger charge is -2.32. The number of ether oxygens (including phenoxy) is 1. The summed E-state index contributed by atoms with van der Waals surface area (Å²) in [7, 11) is 2.19. The standard InChI is InChI=1S/C33H35N5O/c1-25-12-14-31-30(23-25)35-32(15-13-27-8-3-7-26-9-5-16-34-33(26)27)38(31)28-10-4-11-29(24-28)39-22-6-17-37-20-18-36(2)19-21-37/h3-5,7-16,23-24H,6,17-22H2,1-2H3. The maximum atomic E-state index is 6.21. The van der Waals surface area contributed by atoms with Gasteiger partial charge in [0.15, 0.2) is 0 Å². The van der Waals surface area contributed by atoms with Crippen LogP contribution < -0.4 is 4.74 Å². The highest BCUT2D eigenvalue weighted by Crippen LogP contribution is 2.27. The van der Waals surface area contributed by atoms with E-state index in [1.54, 1.807) is 0 Å². The molecule has 198 valence electrons. The van der Waals surface area contributed by atoms with Crippen molar-refractivity contribution >= 4 is 34.1 Å². The Morgan fingerprint density at radius 3 is 2.64 bits per heavy atom. The molecular weight excluding hydrogens is 482 g/mol. The van der Waals surface area contributed by atoms with Crippen LogP contribution in [0.1, 0.15) is 23.4 Å². The highest BCUT2D eigenvalue weighted by atomic mass is 16.5. The highest BCUT2D eigenvalue weighted by Gasteiger charge is 2.14. The number of fused-ring (bicyclic) bond motifs is 2. The van der Waals surface area contributed by atoms with E-state index in [1.165, 1.54) is 5.56 Å². The van der Waals surface area contributed by atoms with Gasteiger partial charge in [-0.15, -0.1) is 0 Å². The van der Waals surface area contributed by atoms with Gasteiger partial charge >= 0.3 is 0 Å². The van der Waals surface area contributed by atoms with Crippen molar-refractivity contribution in [3.63, 3.8) is 0 Å². The van der Waals surface area contributed by atoms with Gasteiger partial charge in [0.2, 0.25) is 0 Å². The van der Waals surface area contributed by atoms with Crippen molar-refractivity contribution in [3.05, 3.63) is 95.9 Å². The lowest BCUT2D eigenvalue weighted by Crippen LogP contribution is -2.44. The van der Waals surface area contributed by atoms with Crippen molar-refractivity contribution in [1.29, 1.82) is 0 Å². The van der Waals surface area contributed by atoms with Crippen molar-refractivity contribution < 1.29 is 4.74 Å². The topological polar surface area (TPSA) is 46.4 Å². The van der Waals surface area contributed by atoms with E-state index in [0.717, 1.165) is 83.9 Å². The fraction of sp³-hybridized carbons (Fsp3) is 0.273. The van der Waals surface area contributed by atoms with Gasteiger partial charge in [-0.2, -0.15) is 0 Å². The normalized spacial score (nSPS) is 15.0. The fourth-order valence-electron chi connectivity index (χ4n) is 5.28. The number of rotatable bonds is 8. The first-order valence-electron chi connectivity index (χ1n) is 13.8. The first kappa shape index (κ1) is 25.3. The van der Waals surface area contributed by atoms with Gasteiger partial charge in [-0.25, -0.2) is 4.98 Å². The molecule has 0 unspecified atom stereocenters. The number of likely N-dealkylation sites (N-methyl/N-ethyl adjacent to an activating group) is 1. The molecular formula is C33H35N5O. The van der Waals surface area contributed by atoms with E-state index in [9.17, 15) is 0 Å². The summed E-state index contributed by atoms with van der Waals surface area (Å²) in [6.45, 7) is 8.47. The van der Waals surface area contributed by atoms with E-state index in [-0.39, 0.29) is 0 Å². The molecule has 1 aliphatic rings. The number of piperazine rings is 1. The number of hydrogen-bond donors (Lipinski definition) is 0. The zero-order valence-electron chi connectivity index (χ0n) is 22.8. The second kappa shape index (κ2) is 11.4. The van der Waals surface area contributed by atoms with E-state index in [4.69, 9.17) is 9.72 Å². The van der Waals surface area contributed by atoms with Crippen LogP contribution in [0.2, 0.25) is 0 Å². The molecule has 0 saturated carbocycles. The zero-order valence-corrected chi connectivity index (χ0v) is 22.8. The lowest BCUT2D eigenvalue weighted by molar-refractivity contribution is 0.145. The highest BCUT2D eigenvalue weighted by molar-refractivity contribution is 5.90. The summed E-state index contributed by atoms with van der Waals surface area (Å²) in [6.07, 6.45) is 7.06. The van der Waals surface area contributed by atoms with E-state index in [0.29, 0.717) is 6.61 Å². The molecule has 0 aliphatic carbocycles. The minimum Gasteiger partial charge on any atom is -0.493 e. The molecule has 0 atom stereocenters. The fourth-order valence-corrected chi connectivity index (χ4v) is 5.28. The molecule has 0 N–H and O–H groups in total. The summed E-state index contributed by atoms with van der Waals surface area (Å²) in [5, 5.41) is 1.13. The predicted octanol–water partition coefficient (Wildman–Crippen LogP) is 6.07. The van der Waals surface area contributed by atoms with Crippen LogP contribution in [0.4, 0.5) is 0 Å². The number of nitrogens with zero attached hydrogens (tertiary/aromatic N) is 5. The second-order valence-corrected chi connectivity index (χ2v) is 10.4. The molecule has 5 aromatic rings. The monoisotopic (exact) mass is 517 g/mol. The summed E-state index contributed by atoms with van der Waals surface area (Å²) >= 11 is 0. The van der Waals surface area contributed by atoms with Crippen molar-refractivity contribution in [3.8, 4) is 11.4 Å². The summed E-state index contributed by atoms with van der Waals surface area (Å²) in [5.41, 5.74) is 6.33. The van der Waals surface area contributed by atoms with Crippen LogP contribution in [0.5, 0.6) is 5.75 Å². The largest absolute Gasteiger partial charge is 0.493 e. The molecule has 0 spiro atoms. The number of aromatic nitrogens is 3. The molecule has 1 fully saturated rings. The average molecular weight is 518 g/mol.